The first kappa shape index (κ1) is 19.8. The van der Waals surface area contributed by atoms with Gasteiger partial charge in [-0.3, -0.25) is 9.59 Å². The van der Waals surface area contributed by atoms with Crippen LogP contribution in [-0.2, 0) is 4.79 Å². The summed E-state index contributed by atoms with van der Waals surface area (Å²) in [5.41, 5.74) is 0.489. The van der Waals surface area contributed by atoms with E-state index in [0.29, 0.717) is 23.6 Å². The Labute approximate surface area is 155 Å². The minimum absolute atomic E-state index is 0.00240. The number of amides is 1. The van der Waals surface area contributed by atoms with E-state index in [-0.39, 0.29) is 17.9 Å². The Hall–Kier alpha value is -1.55. The Kier molecular flexibility index (Phi) is 7.30. The van der Waals surface area contributed by atoms with Crippen molar-refractivity contribution in [2.45, 2.75) is 70.3 Å². The van der Waals surface area contributed by atoms with Crippen LogP contribution in [0.2, 0.25) is 5.02 Å². The van der Waals surface area contributed by atoms with E-state index in [9.17, 15) is 9.59 Å². The van der Waals surface area contributed by atoms with Gasteiger partial charge in [-0.05, 0) is 49.9 Å². The Balaban J connectivity index is 2.27. The summed E-state index contributed by atoms with van der Waals surface area (Å²) in [5.74, 6) is -0.815. The summed E-state index contributed by atoms with van der Waals surface area (Å²) >= 11 is 5.95. The number of carboxylic acid groups (broad SMARTS) is 1. The smallest absolute Gasteiger partial charge is 0.303 e. The third-order valence-electron chi connectivity index (χ3n) is 5.18. The van der Waals surface area contributed by atoms with Crippen LogP contribution in [0.15, 0.2) is 24.3 Å². The first-order valence-electron chi connectivity index (χ1n) is 9.28. The molecule has 1 N–H and O–H groups in total. The van der Waals surface area contributed by atoms with E-state index >= 15 is 0 Å². The fraction of sp³-hybridized carbons (Fsp3) is 0.600. The number of halogens is 1. The van der Waals surface area contributed by atoms with Gasteiger partial charge in [-0.1, -0.05) is 44.2 Å². The van der Waals surface area contributed by atoms with Crippen LogP contribution in [0.4, 0.5) is 0 Å². The molecule has 1 amide bonds. The highest BCUT2D eigenvalue weighted by atomic mass is 35.5. The van der Waals surface area contributed by atoms with Gasteiger partial charge < -0.3 is 10.0 Å². The molecule has 1 aromatic rings. The molecule has 1 fully saturated rings. The first-order chi connectivity index (χ1) is 12.0. The lowest BCUT2D eigenvalue weighted by molar-refractivity contribution is -0.137. The molecule has 0 saturated heterocycles. The molecule has 0 bridgehead atoms. The van der Waals surface area contributed by atoms with Gasteiger partial charge in [0, 0.05) is 29.1 Å². The molecular formula is C20H28ClNO3. The molecule has 1 saturated carbocycles. The Morgan fingerprint density at radius 2 is 1.80 bits per heavy atom. The SMILES string of the molecule is CCCC1(N(CCCC(=O)O)C(=O)c2ccc(Cl)cc2)CCCCC1. The van der Waals surface area contributed by atoms with Crippen LogP contribution in [0, 0.1) is 0 Å². The largest absolute Gasteiger partial charge is 0.481 e. The van der Waals surface area contributed by atoms with Crippen molar-refractivity contribution in [1.82, 2.24) is 4.90 Å². The number of aliphatic carboxylic acids is 1. The van der Waals surface area contributed by atoms with E-state index in [1.165, 1.54) is 6.42 Å². The van der Waals surface area contributed by atoms with Crippen molar-refractivity contribution in [2.24, 2.45) is 0 Å². The molecule has 4 nitrogen and oxygen atoms in total. The summed E-state index contributed by atoms with van der Waals surface area (Å²) in [6.07, 6.45) is 8.05. The summed E-state index contributed by atoms with van der Waals surface area (Å²) in [6, 6.07) is 6.99. The molecule has 2 rings (SSSR count). The van der Waals surface area contributed by atoms with Crippen LogP contribution in [-0.4, -0.2) is 34.0 Å². The number of carboxylic acids is 1. The van der Waals surface area contributed by atoms with Crippen molar-refractivity contribution < 1.29 is 14.7 Å². The van der Waals surface area contributed by atoms with Crippen molar-refractivity contribution in [3.63, 3.8) is 0 Å². The summed E-state index contributed by atoms with van der Waals surface area (Å²) < 4.78 is 0. The standard InChI is InChI=1S/C20H28ClNO3/c1-2-12-20(13-4-3-5-14-20)22(15-6-7-18(23)24)19(25)16-8-10-17(21)11-9-16/h8-11H,2-7,12-15H2,1H3,(H,23,24). The number of carbonyl (C=O) groups excluding carboxylic acids is 1. The molecule has 0 aromatic heterocycles. The molecule has 0 atom stereocenters. The molecule has 0 aliphatic heterocycles. The lowest BCUT2D eigenvalue weighted by Crippen LogP contribution is -2.53. The van der Waals surface area contributed by atoms with Crippen molar-refractivity contribution >= 4 is 23.5 Å². The Morgan fingerprint density at radius 3 is 2.36 bits per heavy atom. The van der Waals surface area contributed by atoms with E-state index in [0.717, 1.165) is 38.5 Å². The van der Waals surface area contributed by atoms with E-state index in [4.69, 9.17) is 16.7 Å². The average molecular weight is 366 g/mol. The molecule has 25 heavy (non-hydrogen) atoms. The van der Waals surface area contributed by atoms with Gasteiger partial charge in [-0.2, -0.15) is 0 Å². The molecule has 0 heterocycles. The van der Waals surface area contributed by atoms with Crippen LogP contribution < -0.4 is 0 Å². The van der Waals surface area contributed by atoms with Crippen LogP contribution in [0.3, 0.4) is 0 Å². The third kappa shape index (κ3) is 5.21. The summed E-state index contributed by atoms with van der Waals surface area (Å²) in [5, 5.41) is 9.58. The van der Waals surface area contributed by atoms with Crippen LogP contribution in [0.5, 0.6) is 0 Å². The molecule has 1 aromatic carbocycles. The number of rotatable bonds is 8. The molecular weight excluding hydrogens is 338 g/mol. The van der Waals surface area contributed by atoms with Gasteiger partial charge in [0.25, 0.3) is 5.91 Å². The fourth-order valence-corrected chi connectivity index (χ4v) is 4.15. The van der Waals surface area contributed by atoms with Crippen LogP contribution in [0.1, 0.15) is 75.1 Å². The van der Waals surface area contributed by atoms with Gasteiger partial charge in [0.2, 0.25) is 0 Å². The topological polar surface area (TPSA) is 57.6 Å². The molecule has 1 aliphatic carbocycles. The normalized spacial score (nSPS) is 16.4. The van der Waals surface area contributed by atoms with Gasteiger partial charge in [-0.25, -0.2) is 0 Å². The Bertz CT molecular complexity index is 574. The van der Waals surface area contributed by atoms with Gasteiger partial charge >= 0.3 is 5.97 Å². The monoisotopic (exact) mass is 365 g/mol. The minimum atomic E-state index is -0.813. The number of benzene rings is 1. The van der Waals surface area contributed by atoms with Gasteiger partial charge in [0.15, 0.2) is 0 Å². The predicted octanol–water partition coefficient (Wildman–Crippen LogP) is 5.15. The second-order valence-electron chi connectivity index (χ2n) is 7.00. The molecule has 0 spiro atoms. The Morgan fingerprint density at radius 1 is 1.16 bits per heavy atom. The zero-order valence-corrected chi connectivity index (χ0v) is 15.7. The molecule has 1 aliphatic rings. The quantitative estimate of drug-likeness (QED) is 0.693. The van der Waals surface area contributed by atoms with Crippen molar-refractivity contribution in [2.75, 3.05) is 6.54 Å². The lowest BCUT2D eigenvalue weighted by Gasteiger charge is -2.47. The van der Waals surface area contributed by atoms with Gasteiger partial charge in [-0.15, -0.1) is 0 Å². The molecule has 0 radical (unpaired) electrons. The first-order valence-corrected chi connectivity index (χ1v) is 9.65. The lowest BCUT2D eigenvalue weighted by atomic mass is 9.76. The number of carbonyl (C=O) groups is 2. The van der Waals surface area contributed by atoms with E-state index in [1.807, 2.05) is 4.90 Å². The molecule has 138 valence electrons. The predicted molar refractivity (Wildman–Crippen MR) is 100 cm³/mol. The second-order valence-corrected chi connectivity index (χ2v) is 7.43. The number of hydrogen-bond acceptors (Lipinski definition) is 2. The van der Waals surface area contributed by atoms with Crippen LogP contribution >= 0.6 is 11.6 Å². The van der Waals surface area contributed by atoms with Gasteiger partial charge in [0.1, 0.15) is 0 Å². The average Bonchev–Trinajstić information content (AvgIpc) is 2.59. The zero-order valence-electron chi connectivity index (χ0n) is 15.0. The van der Waals surface area contributed by atoms with Crippen molar-refractivity contribution in [3.05, 3.63) is 34.9 Å². The fourth-order valence-electron chi connectivity index (χ4n) is 4.02. The summed E-state index contributed by atoms with van der Waals surface area (Å²) in [4.78, 5) is 26.1. The van der Waals surface area contributed by atoms with Crippen molar-refractivity contribution in [3.8, 4) is 0 Å². The number of hydrogen-bond donors (Lipinski definition) is 1. The highest BCUT2D eigenvalue weighted by Gasteiger charge is 2.39. The van der Waals surface area contributed by atoms with E-state index < -0.39 is 5.97 Å². The maximum absolute atomic E-state index is 13.2. The zero-order chi connectivity index (χ0) is 18.3. The van der Waals surface area contributed by atoms with E-state index in [2.05, 4.69) is 6.92 Å². The summed E-state index contributed by atoms with van der Waals surface area (Å²) in [7, 11) is 0. The summed E-state index contributed by atoms with van der Waals surface area (Å²) in [6.45, 7) is 2.65. The molecule has 0 unspecified atom stereocenters. The van der Waals surface area contributed by atoms with Crippen molar-refractivity contribution in [1.29, 1.82) is 0 Å². The van der Waals surface area contributed by atoms with Gasteiger partial charge in [0.05, 0.1) is 0 Å². The maximum Gasteiger partial charge on any atom is 0.303 e. The molecule has 5 heteroatoms. The third-order valence-corrected chi connectivity index (χ3v) is 5.43. The maximum atomic E-state index is 13.2. The minimum Gasteiger partial charge on any atom is -0.481 e. The van der Waals surface area contributed by atoms with E-state index in [1.54, 1.807) is 24.3 Å². The highest BCUT2D eigenvalue weighted by Crippen LogP contribution is 2.38. The highest BCUT2D eigenvalue weighted by molar-refractivity contribution is 6.30. The second kappa shape index (κ2) is 9.23. The van der Waals surface area contributed by atoms with Crippen LogP contribution in [0.25, 0.3) is 0 Å². The number of nitrogens with zero attached hydrogens (tertiary/aromatic N) is 1.